The molecule has 0 bridgehead atoms. The molecule has 0 aliphatic heterocycles. The fraction of sp³-hybridized carbons (Fsp3) is 0. The maximum absolute atomic E-state index is 5.27. The standard InChI is InChI=1S/C45H31N3/c1-3-18-37(19-4-1)47(39-27-25-33(26-28-39)42-24-12-16-32-13-9-10-23-41(32)42)40-22-11-17-36(29-40)45-46-43-30-34-14-7-8-15-35(34)31-44(43)48(45)38-20-5-2-6-21-38/h1-31H. The van der Waals surface area contributed by atoms with Gasteiger partial charge in [0.25, 0.3) is 0 Å². The fourth-order valence-electron chi connectivity index (χ4n) is 6.87. The van der Waals surface area contributed by atoms with E-state index in [0.717, 1.165) is 45.2 Å². The molecule has 8 aromatic carbocycles. The first-order valence-corrected chi connectivity index (χ1v) is 16.3. The Balaban J connectivity index is 1.19. The largest absolute Gasteiger partial charge is 0.310 e. The lowest BCUT2D eigenvalue weighted by molar-refractivity contribution is 1.10. The number of rotatable bonds is 6. The average Bonchev–Trinajstić information content (AvgIpc) is 3.53. The molecule has 3 heteroatoms. The van der Waals surface area contributed by atoms with Crippen molar-refractivity contribution in [2.75, 3.05) is 4.90 Å². The van der Waals surface area contributed by atoms with Gasteiger partial charge < -0.3 is 4.90 Å². The summed E-state index contributed by atoms with van der Waals surface area (Å²) in [4.78, 5) is 7.59. The summed E-state index contributed by atoms with van der Waals surface area (Å²) in [5, 5.41) is 4.89. The second kappa shape index (κ2) is 11.7. The minimum Gasteiger partial charge on any atom is -0.310 e. The van der Waals surface area contributed by atoms with Gasteiger partial charge in [0.05, 0.1) is 11.0 Å². The van der Waals surface area contributed by atoms with Crippen LogP contribution >= 0.6 is 0 Å². The number of aromatic nitrogens is 2. The summed E-state index contributed by atoms with van der Waals surface area (Å²) < 4.78 is 2.28. The van der Waals surface area contributed by atoms with Crippen molar-refractivity contribution in [2.45, 2.75) is 0 Å². The van der Waals surface area contributed by atoms with Crippen molar-refractivity contribution in [1.29, 1.82) is 0 Å². The van der Waals surface area contributed by atoms with E-state index in [-0.39, 0.29) is 0 Å². The van der Waals surface area contributed by atoms with Gasteiger partial charge in [0.2, 0.25) is 0 Å². The smallest absolute Gasteiger partial charge is 0.145 e. The molecule has 0 spiro atoms. The third-order valence-electron chi connectivity index (χ3n) is 9.14. The zero-order valence-corrected chi connectivity index (χ0v) is 26.2. The van der Waals surface area contributed by atoms with E-state index in [1.165, 1.54) is 32.7 Å². The first-order chi connectivity index (χ1) is 23.8. The van der Waals surface area contributed by atoms with Crippen LogP contribution in [0.5, 0.6) is 0 Å². The Hall–Kier alpha value is -6.45. The average molecular weight is 614 g/mol. The summed E-state index contributed by atoms with van der Waals surface area (Å²) in [6.45, 7) is 0. The summed E-state index contributed by atoms with van der Waals surface area (Å²) in [7, 11) is 0. The zero-order chi connectivity index (χ0) is 31.9. The maximum atomic E-state index is 5.27. The van der Waals surface area contributed by atoms with Gasteiger partial charge in [-0.1, -0.05) is 127 Å². The van der Waals surface area contributed by atoms with Crippen LogP contribution in [-0.2, 0) is 0 Å². The molecule has 48 heavy (non-hydrogen) atoms. The fourth-order valence-corrected chi connectivity index (χ4v) is 6.87. The van der Waals surface area contributed by atoms with Crippen LogP contribution in [0.25, 0.3) is 60.8 Å². The van der Waals surface area contributed by atoms with Crippen LogP contribution < -0.4 is 4.90 Å². The maximum Gasteiger partial charge on any atom is 0.145 e. The number of nitrogens with zero attached hydrogens (tertiary/aromatic N) is 3. The molecule has 9 aromatic rings. The van der Waals surface area contributed by atoms with E-state index in [4.69, 9.17) is 4.98 Å². The first-order valence-electron chi connectivity index (χ1n) is 16.3. The molecule has 0 saturated carbocycles. The summed E-state index contributed by atoms with van der Waals surface area (Å²) in [6.07, 6.45) is 0. The van der Waals surface area contributed by atoms with Crippen LogP contribution in [0.3, 0.4) is 0 Å². The Morgan fingerprint density at radius 2 is 1.02 bits per heavy atom. The number of anilines is 3. The van der Waals surface area contributed by atoms with Gasteiger partial charge in [-0.25, -0.2) is 4.98 Å². The van der Waals surface area contributed by atoms with Gasteiger partial charge in [-0.05, 0) is 93.3 Å². The third-order valence-corrected chi connectivity index (χ3v) is 9.14. The van der Waals surface area contributed by atoms with E-state index in [9.17, 15) is 0 Å². The van der Waals surface area contributed by atoms with E-state index in [2.05, 4.69) is 198 Å². The molecule has 226 valence electrons. The van der Waals surface area contributed by atoms with Crippen molar-refractivity contribution in [3.05, 3.63) is 188 Å². The second-order valence-electron chi connectivity index (χ2n) is 12.1. The first kappa shape index (κ1) is 27.8. The Labute approximate surface area is 279 Å². The Bertz CT molecular complexity index is 2540. The predicted molar refractivity (Wildman–Crippen MR) is 202 cm³/mol. The summed E-state index contributed by atoms with van der Waals surface area (Å²) in [5.41, 5.74) is 9.87. The lowest BCUT2D eigenvalue weighted by Gasteiger charge is -2.26. The van der Waals surface area contributed by atoms with Crippen LogP contribution in [-0.4, -0.2) is 9.55 Å². The van der Waals surface area contributed by atoms with E-state index >= 15 is 0 Å². The SMILES string of the molecule is c1ccc(N(c2ccc(-c3cccc4ccccc34)cc2)c2cccc(-c3nc4cc5ccccc5cc4n3-c3ccccc3)c2)cc1. The Kier molecular flexibility index (Phi) is 6.80. The lowest BCUT2D eigenvalue weighted by Crippen LogP contribution is -2.10. The van der Waals surface area contributed by atoms with Gasteiger partial charge in [-0.3, -0.25) is 4.57 Å². The molecule has 0 saturated heterocycles. The van der Waals surface area contributed by atoms with Crippen molar-refractivity contribution >= 4 is 49.6 Å². The molecule has 9 rings (SSSR count). The van der Waals surface area contributed by atoms with E-state index in [1.807, 2.05) is 0 Å². The molecule has 0 atom stereocenters. The minimum absolute atomic E-state index is 0.910. The van der Waals surface area contributed by atoms with Gasteiger partial charge in [0.1, 0.15) is 5.82 Å². The van der Waals surface area contributed by atoms with E-state index < -0.39 is 0 Å². The summed E-state index contributed by atoms with van der Waals surface area (Å²) >= 11 is 0. The molecule has 0 aliphatic carbocycles. The van der Waals surface area contributed by atoms with Crippen molar-refractivity contribution in [3.63, 3.8) is 0 Å². The molecule has 0 N–H and O–H groups in total. The number of fused-ring (bicyclic) bond motifs is 3. The number of imidazole rings is 1. The summed E-state index contributed by atoms with van der Waals surface area (Å²) in [6, 6.07) is 66.8. The van der Waals surface area contributed by atoms with Crippen molar-refractivity contribution < 1.29 is 0 Å². The van der Waals surface area contributed by atoms with Gasteiger partial charge in [-0.15, -0.1) is 0 Å². The van der Waals surface area contributed by atoms with E-state index in [1.54, 1.807) is 0 Å². The molecule has 0 aliphatic rings. The van der Waals surface area contributed by atoms with Crippen LogP contribution in [0.2, 0.25) is 0 Å². The highest BCUT2D eigenvalue weighted by molar-refractivity contribution is 5.98. The number of benzene rings is 8. The molecule has 0 radical (unpaired) electrons. The predicted octanol–water partition coefficient (Wildman–Crippen LogP) is 12.1. The van der Waals surface area contributed by atoms with Gasteiger partial charge in [0.15, 0.2) is 0 Å². The molecule has 0 amide bonds. The molecule has 3 nitrogen and oxygen atoms in total. The van der Waals surface area contributed by atoms with Crippen molar-refractivity contribution in [2.24, 2.45) is 0 Å². The van der Waals surface area contributed by atoms with Gasteiger partial charge >= 0.3 is 0 Å². The Morgan fingerprint density at radius 1 is 0.417 bits per heavy atom. The number of hydrogen-bond acceptors (Lipinski definition) is 2. The number of para-hydroxylation sites is 2. The van der Waals surface area contributed by atoms with Crippen molar-refractivity contribution in [1.82, 2.24) is 9.55 Å². The highest BCUT2D eigenvalue weighted by Crippen LogP contribution is 2.39. The van der Waals surface area contributed by atoms with Crippen LogP contribution in [0.1, 0.15) is 0 Å². The van der Waals surface area contributed by atoms with Crippen LogP contribution in [0.4, 0.5) is 17.1 Å². The van der Waals surface area contributed by atoms with Crippen LogP contribution in [0.15, 0.2) is 188 Å². The molecule has 0 unspecified atom stereocenters. The van der Waals surface area contributed by atoms with Gasteiger partial charge in [0, 0.05) is 28.3 Å². The highest BCUT2D eigenvalue weighted by Gasteiger charge is 2.18. The summed E-state index contributed by atoms with van der Waals surface area (Å²) in [5.74, 6) is 0.910. The zero-order valence-electron chi connectivity index (χ0n) is 26.2. The highest BCUT2D eigenvalue weighted by atomic mass is 15.1. The molecule has 1 heterocycles. The quantitative estimate of drug-likeness (QED) is 0.186. The second-order valence-corrected chi connectivity index (χ2v) is 12.1. The lowest BCUT2D eigenvalue weighted by atomic mass is 9.98. The topological polar surface area (TPSA) is 21.1 Å². The monoisotopic (exact) mass is 613 g/mol. The molecular weight excluding hydrogens is 583 g/mol. The normalized spacial score (nSPS) is 11.3. The van der Waals surface area contributed by atoms with Crippen molar-refractivity contribution in [3.8, 4) is 28.2 Å². The van der Waals surface area contributed by atoms with Gasteiger partial charge in [-0.2, -0.15) is 0 Å². The van der Waals surface area contributed by atoms with E-state index in [0.29, 0.717) is 0 Å². The minimum atomic E-state index is 0.910. The molecule has 0 fully saturated rings. The molecule has 1 aromatic heterocycles. The third kappa shape index (κ3) is 4.90. The molecular formula is C45H31N3. The Morgan fingerprint density at radius 3 is 1.81 bits per heavy atom. The number of hydrogen-bond donors (Lipinski definition) is 0. The van der Waals surface area contributed by atoms with Crippen LogP contribution in [0, 0.1) is 0 Å².